The first-order valence-corrected chi connectivity index (χ1v) is 7.66. The molecule has 106 valence electrons. The van der Waals surface area contributed by atoms with Crippen molar-refractivity contribution in [2.45, 2.75) is 24.8 Å². The highest BCUT2D eigenvalue weighted by Crippen LogP contribution is 2.17. The maximum atomic E-state index is 11.7. The molecule has 0 aliphatic rings. The van der Waals surface area contributed by atoms with Gasteiger partial charge in [0.15, 0.2) is 0 Å². The van der Waals surface area contributed by atoms with Crippen LogP contribution in [0.4, 0.5) is 0 Å². The number of hydrogen-bond acceptors (Lipinski definition) is 3. The van der Waals surface area contributed by atoms with E-state index in [-0.39, 0.29) is 5.91 Å². The van der Waals surface area contributed by atoms with Gasteiger partial charge in [-0.15, -0.1) is 11.8 Å². The zero-order valence-electron chi connectivity index (χ0n) is 11.6. The minimum atomic E-state index is 0.0797. The Morgan fingerprint density at radius 1 is 1.35 bits per heavy atom. The molecule has 1 N–H and O–H groups in total. The number of aromatic nitrogens is 2. The number of carbonyl (C=O) groups is 1. The smallest absolute Gasteiger partial charge is 0.230 e. The minimum Gasteiger partial charge on any atom is -0.355 e. The number of amides is 1. The third-order valence-electron chi connectivity index (χ3n) is 2.84. The highest BCUT2D eigenvalue weighted by molar-refractivity contribution is 8.00. The summed E-state index contributed by atoms with van der Waals surface area (Å²) in [5.74, 6) is 0.543. The third-order valence-corrected chi connectivity index (χ3v) is 3.85. The second kappa shape index (κ2) is 7.75. The lowest BCUT2D eigenvalue weighted by atomic mass is 10.2. The number of nitrogens with zero attached hydrogens (tertiary/aromatic N) is 2. The Morgan fingerprint density at radius 2 is 2.15 bits per heavy atom. The number of hydrogen-bond donors (Lipinski definition) is 1. The maximum Gasteiger partial charge on any atom is 0.230 e. The zero-order chi connectivity index (χ0) is 14.2. The summed E-state index contributed by atoms with van der Waals surface area (Å²) in [5, 5.41) is 7.04. The summed E-state index contributed by atoms with van der Waals surface area (Å²) in [6, 6.07) is 10.1. The van der Waals surface area contributed by atoms with Crippen LogP contribution in [0.15, 0.2) is 47.6 Å². The summed E-state index contributed by atoms with van der Waals surface area (Å²) in [4.78, 5) is 12.8. The van der Waals surface area contributed by atoms with Gasteiger partial charge in [0.2, 0.25) is 5.91 Å². The van der Waals surface area contributed by atoms with E-state index in [0.29, 0.717) is 12.3 Å². The lowest BCUT2D eigenvalue weighted by Crippen LogP contribution is -2.26. The van der Waals surface area contributed by atoms with Gasteiger partial charge in [-0.3, -0.25) is 9.48 Å². The van der Waals surface area contributed by atoms with Gasteiger partial charge in [0.25, 0.3) is 0 Å². The second-order valence-corrected chi connectivity index (χ2v) is 5.62. The molecule has 0 radical (unpaired) electrons. The van der Waals surface area contributed by atoms with Gasteiger partial charge < -0.3 is 5.32 Å². The fraction of sp³-hybridized carbons (Fsp3) is 0.333. The van der Waals surface area contributed by atoms with Crippen molar-refractivity contribution in [3.63, 3.8) is 0 Å². The van der Waals surface area contributed by atoms with Crippen molar-refractivity contribution in [3.8, 4) is 0 Å². The van der Waals surface area contributed by atoms with Crippen LogP contribution < -0.4 is 5.32 Å². The average molecular weight is 289 g/mol. The fourth-order valence-corrected chi connectivity index (χ4v) is 2.46. The van der Waals surface area contributed by atoms with Crippen molar-refractivity contribution in [3.05, 3.63) is 48.3 Å². The first-order valence-electron chi connectivity index (χ1n) is 6.67. The Balaban J connectivity index is 1.59. The Hall–Kier alpha value is -1.75. The average Bonchev–Trinajstić information content (AvgIpc) is 2.96. The molecule has 0 bridgehead atoms. The lowest BCUT2D eigenvalue weighted by Gasteiger charge is -2.05. The summed E-state index contributed by atoms with van der Waals surface area (Å²) in [5.41, 5.74) is 1.23. The van der Waals surface area contributed by atoms with E-state index in [1.807, 2.05) is 29.1 Å². The van der Waals surface area contributed by atoms with Crippen LogP contribution >= 0.6 is 11.8 Å². The van der Waals surface area contributed by atoms with Crippen molar-refractivity contribution in [2.24, 2.45) is 0 Å². The first kappa shape index (κ1) is 14.7. The fourth-order valence-electron chi connectivity index (χ4n) is 1.74. The van der Waals surface area contributed by atoms with Gasteiger partial charge in [0.1, 0.15) is 0 Å². The highest BCUT2D eigenvalue weighted by Gasteiger charge is 2.02. The lowest BCUT2D eigenvalue weighted by molar-refractivity contribution is -0.118. The van der Waals surface area contributed by atoms with E-state index in [0.717, 1.165) is 17.9 Å². The Kier molecular flexibility index (Phi) is 5.68. The third kappa shape index (κ3) is 5.09. The molecule has 1 heterocycles. The molecule has 1 amide bonds. The van der Waals surface area contributed by atoms with E-state index < -0.39 is 0 Å². The molecular weight excluding hydrogens is 270 g/mol. The predicted octanol–water partition coefficient (Wildman–Crippen LogP) is 2.49. The molecule has 0 saturated heterocycles. The van der Waals surface area contributed by atoms with Crippen LogP contribution in [0.1, 0.15) is 12.0 Å². The molecule has 20 heavy (non-hydrogen) atoms. The summed E-state index contributed by atoms with van der Waals surface area (Å²) < 4.78 is 1.87. The van der Waals surface area contributed by atoms with E-state index in [1.165, 1.54) is 5.56 Å². The second-order valence-electron chi connectivity index (χ2n) is 4.57. The van der Waals surface area contributed by atoms with Crippen molar-refractivity contribution in [1.82, 2.24) is 15.1 Å². The van der Waals surface area contributed by atoms with Gasteiger partial charge >= 0.3 is 0 Å². The van der Waals surface area contributed by atoms with Crippen molar-refractivity contribution < 1.29 is 4.79 Å². The van der Waals surface area contributed by atoms with Crippen LogP contribution in [-0.2, 0) is 11.3 Å². The van der Waals surface area contributed by atoms with E-state index in [2.05, 4.69) is 29.5 Å². The van der Waals surface area contributed by atoms with Crippen LogP contribution in [0, 0.1) is 6.92 Å². The molecule has 5 heteroatoms. The van der Waals surface area contributed by atoms with Crippen LogP contribution in [0.2, 0.25) is 0 Å². The number of carbonyl (C=O) groups excluding carboxylic acids is 1. The predicted molar refractivity (Wildman–Crippen MR) is 81.8 cm³/mol. The van der Waals surface area contributed by atoms with Gasteiger partial charge in [-0.2, -0.15) is 5.10 Å². The number of thioether (sulfide) groups is 1. The largest absolute Gasteiger partial charge is 0.355 e. The van der Waals surface area contributed by atoms with Gasteiger partial charge in [-0.05, 0) is 31.5 Å². The van der Waals surface area contributed by atoms with Crippen molar-refractivity contribution in [1.29, 1.82) is 0 Å². The van der Waals surface area contributed by atoms with Gasteiger partial charge in [0.05, 0.1) is 5.75 Å². The first-order chi connectivity index (χ1) is 9.74. The molecule has 2 aromatic rings. The van der Waals surface area contributed by atoms with Gasteiger partial charge in [0, 0.05) is 30.4 Å². The topological polar surface area (TPSA) is 46.9 Å². The van der Waals surface area contributed by atoms with Gasteiger partial charge in [-0.1, -0.05) is 17.7 Å². The molecule has 0 spiro atoms. The molecular formula is C15H19N3OS. The Morgan fingerprint density at radius 3 is 2.85 bits per heavy atom. The summed E-state index contributed by atoms with van der Waals surface area (Å²) in [6.07, 6.45) is 4.58. The van der Waals surface area contributed by atoms with Crippen LogP contribution in [0.5, 0.6) is 0 Å². The van der Waals surface area contributed by atoms with E-state index in [4.69, 9.17) is 0 Å². The molecule has 0 atom stereocenters. The molecule has 1 aromatic carbocycles. The number of aryl methyl sites for hydroxylation is 2. The Bertz CT molecular complexity index is 523. The highest BCUT2D eigenvalue weighted by atomic mass is 32.2. The molecule has 1 aromatic heterocycles. The standard InChI is InChI=1S/C15H19N3OS/c1-13-4-6-14(7-5-13)20-12-15(19)16-8-2-10-18-11-3-9-17-18/h3-7,9,11H,2,8,10,12H2,1H3,(H,16,19). The minimum absolute atomic E-state index is 0.0797. The molecule has 0 fully saturated rings. The molecule has 0 saturated carbocycles. The molecule has 4 nitrogen and oxygen atoms in total. The van der Waals surface area contributed by atoms with Crippen molar-refractivity contribution in [2.75, 3.05) is 12.3 Å². The Labute approximate surface area is 123 Å². The summed E-state index contributed by atoms with van der Waals surface area (Å²) in [6.45, 7) is 3.58. The zero-order valence-corrected chi connectivity index (χ0v) is 12.4. The molecule has 2 rings (SSSR count). The van der Waals surface area contributed by atoms with E-state index in [1.54, 1.807) is 18.0 Å². The molecule has 0 aliphatic carbocycles. The molecule has 0 unspecified atom stereocenters. The normalized spacial score (nSPS) is 10.4. The maximum absolute atomic E-state index is 11.7. The SMILES string of the molecule is Cc1ccc(SCC(=O)NCCCn2cccn2)cc1. The van der Waals surface area contributed by atoms with Crippen LogP contribution in [0.3, 0.4) is 0 Å². The van der Waals surface area contributed by atoms with E-state index in [9.17, 15) is 4.79 Å². The number of benzene rings is 1. The van der Waals surface area contributed by atoms with Gasteiger partial charge in [-0.25, -0.2) is 0 Å². The number of nitrogens with one attached hydrogen (secondary N) is 1. The number of rotatable bonds is 7. The summed E-state index contributed by atoms with van der Waals surface area (Å²) in [7, 11) is 0. The quantitative estimate of drug-likeness (QED) is 0.629. The van der Waals surface area contributed by atoms with Crippen molar-refractivity contribution >= 4 is 17.7 Å². The van der Waals surface area contributed by atoms with Crippen LogP contribution in [-0.4, -0.2) is 28.0 Å². The summed E-state index contributed by atoms with van der Waals surface area (Å²) >= 11 is 1.56. The van der Waals surface area contributed by atoms with E-state index >= 15 is 0 Å². The molecule has 0 aliphatic heterocycles. The van der Waals surface area contributed by atoms with Crippen LogP contribution in [0.25, 0.3) is 0 Å². The monoisotopic (exact) mass is 289 g/mol.